The van der Waals surface area contributed by atoms with Crippen molar-refractivity contribution >= 4 is 28.9 Å². The van der Waals surface area contributed by atoms with E-state index in [0.29, 0.717) is 25.8 Å². The Kier molecular flexibility index (Phi) is 6.12. The first-order chi connectivity index (χ1) is 12.7. The van der Waals surface area contributed by atoms with E-state index in [1.807, 2.05) is 13.8 Å². The highest BCUT2D eigenvalue weighted by Gasteiger charge is 2.53. The van der Waals surface area contributed by atoms with Crippen LogP contribution in [0.4, 0.5) is 18.9 Å². The highest BCUT2D eigenvalue weighted by Crippen LogP contribution is 2.40. The highest BCUT2D eigenvalue weighted by molar-refractivity contribution is 7.80. The third-order valence-electron chi connectivity index (χ3n) is 4.94. The second-order valence-corrected chi connectivity index (χ2v) is 6.60. The molecule has 0 atom stereocenters. The van der Waals surface area contributed by atoms with Gasteiger partial charge in [0.25, 0.3) is 5.91 Å². The minimum Gasteiger partial charge on any atom is -0.396 e. The summed E-state index contributed by atoms with van der Waals surface area (Å²) in [4.78, 5) is 16.0. The Morgan fingerprint density at radius 3 is 2.41 bits per heavy atom. The largest absolute Gasteiger partial charge is 0.417 e. The third-order valence-corrected chi connectivity index (χ3v) is 5.34. The molecule has 1 N–H and O–H groups in total. The molecule has 1 heterocycles. The topological polar surface area (TPSA) is 67.6 Å². The van der Waals surface area contributed by atoms with Crippen LogP contribution in [0, 0.1) is 11.3 Å². The standard InChI is InChI=1S/C18H20F3N3O2S/c1-3-17(4-2)15(26)24(16(27)23(17)8-5-9-25)13-7-6-12(11-22)14(10-13)18(19,20)21/h6-7,10,25H,3-5,8-9H2,1-2H3. The van der Waals surface area contributed by atoms with Gasteiger partial charge in [0, 0.05) is 13.2 Å². The maximum absolute atomic E-state index is 13.3. The SMILES string of the molecule is CCC1(CC)C(=O)N(c2ccc(C#N)c(C(F)(F)F)c2)C(=S)N1CCCO. The van der Waals surface area contributed by atoms with Crippen LogP contribution in [0.2, 0.25) is 0 Å². The van der Waals surface area contributed by atoms with Gasteiger partial charge in [-0.25, -0.2) is 0 Å². The van der Waals surface area contributed by atoms with Gasteiger partial charge in [0.15, 0.2) is 5.11 Å². The zero-order chi connectivity index (χ0) is 20.4. The number of nitriles is 1. The molecule has 1 saturated heterocycles. The van der Waals surface area contributed by atoms with Gasteiger partial charge >= 0.3 is 6.18 Å². The molecule has 1 aliphatic rings. The lowest BCUT2D eigenvalue weighted by Gasteiger charge is -2.34. The third kappa shape index (κ3) is 3.51. The number of thiocarbonyl (C=S) groups is 1. The van der Waals surface area contributed by atoms with Gasteiger partial charge in [-0.2, -0.15) is 18.4 Å². The Labute approximate surface area is 161 Å². The summed E-state index contributed by atoms with van der Waals surface area (Å²) in [6.45, 7) is 3.87. The normalized spacial score (nSPS) is 16.8. The minimum atomic E-state index is -4.73. The van der Waals surface area contributed by atoms with Crippen LogP contribution >= 0.6 is 12.2 Å². The van der Waals surface area contributed by atoms with Crippen LogP contribution < -0.4 is 4.90 Å². The number of halogens is 3. The molecule has 9 heteroatoms. The Morgan fingerprint density at radius 2 is 1.93 bits per heavy atom. The van der Waals surface area contributed by atoms with E-state index >= 15 is 0 Å². The number of alkyl halides is 3. The van der Waals surface area contributed by atoms with Gasteiger partial charge in [-0.3, -0.25) is 9.69 Å². The number of aliphatic hydroxyl groups is 1. The van der Waals surface area contributed by atoms with E-state index in [0.717, 1.165) is 17.0 Å². The number of carbonyl (C=O) groups excluding carboxylic acids is 1. The summed E-state index contributed by atoms with van der Waals surface area (Å²) in [6.07, 6.45) is -3.50. The molecule has 1 amide bonds. The molecule has 0 radical (unpaired) electrons. The summed E-state index contributed by atoms with van der Waals surface area (Å²) in [5.41, 5.74) is -2.60. The summed E-state index contributed by atoms with van der Waals surface area (Å²) < 4.78 is 39.9. The smallest absolute Gasteiger partial charge is 0.396 e. The van der Waals surface area contributed by atoms with Gasteiger partial charge in [0.05, 0.1) is 22.9 Å². The van der Waals surface area contributed by atoms with Gasteiger partial charge in [-0.1, -0.05) is 13.8 Å². The van der Waals surface area contributed by atoms with E-state index in [1.165, 1.54) is 12.1 Å². The van der Waals surface area contributed by atoms with Crippen LogP contribution in [0.25, 0.3) is 0 Å². The Bertz CT molecular complexity index is 785. The van der Waals surface area contributed by atoms with Gasteiger partial charge in [0.1, 0.15) is 5.54 Å². The molecule has 0 spiro atoms. The summed E-state index contributed by atoms with van der Waals surface area (Å²) >= 11 is 5.42. The molecule has 0 unspecified atom stereocenters. The van der Waals surface area contributed by atoms with Gasteiger partial charge in [-0.15, -0.1) is 0 Å². The fourth-order valence-electron chi connectivity index (χ4n) is 3.42. The second-order valence-electron chi connectivity index (χ2n) is 6.23. The van der Waals surface area contributed by atoms with Gasteiger partial charge in [-0.05, 0) is 49.7 Å². The molecule has 5 nitrogen and oxygen atoms in total. The highest BCUT2D eigenvalue weighted by atomic mass is 32.1. The molecule has 0 aromatic heterocycles. The first kappa shape index (κ1) is 21.1. The predicted molar refractivity (Wildman–Crippen MR) is 98.0 cm³/mol. The molecule has 0 bridgehead atoms. The number of rotatable bonds is 6. The van der Waals surface area contributed by atoms with Crippen molar-refractivity contribution in [3.63, 3.8) is 0 Å². The molecule has 0 saturated carbocycles. The van der Waals surface area contributed by atoms with E-state index < -0.39 is 28.7 Å². The van der Waals surface area contributed by atoms with Crippen molar-refractivity contribution in [1.82, 2.24) is 4.90 Å². The van der Waals surface area contributed by atoms with E-state index in [9.17, 15) is 18.0 Å². The summed E-state index contributed by atoms with van der Waals surface area (Å²) in [7, 11) is 0. The number of amides is 1. The van der Waals surface area contributed by atoms with Crippen molar-refractivity contribution in [1.29, 1.82) is 5.26 Å². The fourth-order valence-corrected chi connectivity index (χ4v) is 3.87. The number of carbonyl (C=O) groups is 1. The minimum absolute atomic E-state index is 0.0194. The van der Waals surface area contributed by atoms with Gasteiger partial charge in [0.2, 0.25) is 0 Å². The lowest BCUT2D eigenvalue weighted by molar-refractivity contribution is -0.137. The van der Waals surface area contributed by atoms with Crippen LogP contribution in [0.3, 0.4) is 0 Å². The molecule has 2 rings (SSSR count). The van der Waals surface area contributed by atoms with Crippen molar-refractivity contribution in [3.05, 3.63) is 29.3 Å². The zero-order valence-corrected chi connectivity index (χ0v) is 15.8. The van der Waals surface area contributed by atoms with E-state index in [4.69, 9.17) is 22.6 Å². The number of hydrogen-bond acceptors (Lipinski definition) is 4. The van der Waals surface area contributed by atoms with Crippen molar-refractivity contribution in [2.24, 2.45) is 0 Å². The fraction of sp³-hybridized carbons (Fsp3) is 0.500. The number of nitrogens with zero attached hydrogens (tertiary/aromatic N) is 3. The number of aliphatic hydroxyl groups excluding tert-OH is 1. The maximum Gasteiger partial charge on any atom is 0.417 e. The lowest BCUT2D eigenvalue weighted by Crippen LogP contribution is -2.49. The number of anilines is 1. The number of hydrogen-bond donors (Lipinski definition) is 1. The average molecular weight is 399 g/mol. The lowest BCUT2D eigenvalue weighted by atomic mass is 9.90. The molecular weight excluding hydrogens is 379 g/mol. The molecular formula is C18H20F3N3O2S. The van der Waals surface area contributed by atoms with E-state index in [-0.39, 0.29) is 17.4 Å². The molecule has 146 valence electrons. The Balaban J connectivity index is 2.57. The average Bonchev–Trinajstić information content (AvgIpc) is 2.85. The number of benzene rings is 1. The maximum atomic E-state index is 13.3. The second kappa shape index (κ2) is 7.82. The van der Waals surface area contributed by atoms with Crippen molar-refractivity contribution < 1.29 is 23.1 Å². The molecule has 1 fully saturated rings. The molecule has 1 aromatic carbocycles. The molecule has 1 aliphatic heterocycles. The molecule has 0 aliphatic carbocycles. The van der Waals surface area contributed by atoms with E-state index in [2.05, 4.69) is 0 Å². The van der Waals surface area contributed by atoms with Crippen molar-refractivity contribution in [2.45, 2.75) is 44.8 Å². The first-order valence-electron chi connectivity index (χ1n) is 8.56. The molecule has 27 heavy (non-hydrogen) atoms. The summed E-state index contributed by atoms with van der Waals surface area (Å²) in [5, 5.41) is 18.2. The van der Waals surface area contributed by atoms with Crippen LogP contribution in [0.15, 0.2) is 18.2 Å². The van der Waals surface area contributed by atoms with Crippen LogP contribution in [-0.2, 0) is 11.0 Å². The monoisotopic (exact) mass is 399 g/mol. The van der Waals surface area contributed by atoms with Crippen LogP contribution in [0.5, 0.6) is 0 Å². The predicted octanol–water partition coefficient (Wildman–Crippen LogP) is 3.45. The van der Waals surface area contributed by atoms with E-state index in [1.54, 1.807) is 4.90 Å². The molecule has 1 aromatic rings. The quantitative estimate of drug-likeness (QED) is 0.742. The van der Waals surface area contributed by atoms with Crippen LogP contribution in [0.1, 0.15) is 44.2 Å². The van der Waals surface area contributed by atoms with Crippen molar-refractivity contribution in [2.75, 3.05) is 18.1 Å². The summed E-state index contributed by atoms with van der Waals surface area (Å²) in [5.74, 6) is -0.395. The first-order valence-corrected chi connectivity index (χ1v) is 8.97. The Morgan fingerprint density at radius 1 is 1.30 bits per heavy atom. The zero-order valence-electron chi connectivity index (χ0n) is 15.0. The van der Waals surface area contributed by atoms with Crippen molar-refractivity contribution in [3.8, 4) is 6.07 Å². The van der Waals surface area contributed by atoms with Crippen LogP contribution in [-0.4, -0.2) is 39.7 Å². The summed E-state index contributed by atoms with van der Waals surface area (Å²) in [6, 6.07) is 4.65. The Hall–Kier alpha value is -2.18. The van der Waals surface area contributed by atoms with Gasteiger partial charge < -0.3 is 10.0 Å².